The van der Waals surface area contributed by atoms with Gasteiger partial charge in [-0.3, -0.25) is 4.79 Å². The second kappa shape index (κ2) is 6.90. The highest BCUT2D eigenvalue weighted by atomic mass is 35.5. The molecular formula is C18H14ClF3N4O2. The van der Waals surface area contributed by atoms with E-state index in [9.17, 15) is 18.0 Å². The normalized spacial score (nSPS) is 19.0. The summed E-state index contributed by atoms with van der Waals surface area (Å²) in [7, 11) is 0. The first-order valence-corrected chi connectivity index (χ1v) is 8.72. The number of hydrogen-bond acceptors (Lipinski definition) is 4. The van der Waals surface area contributed by atoms with Gasteiger partial charge >= 0.3 is 6.18 Å². The van der Waals surface area contributed by atoms with Crippen LogP contribution in [0.3, 0.4) is 0 Å². The van der Waals surface area contributed by atoms with E-state index in [1.807, 2.05) is 0 Å². The number of anilines is 2. The Hall–Kier alpha value is -2.94. The maximum atomic E-state index is 13.6. The lowest BCUT2D eigenvalue weighted by Gasteiger charge is -2.32. The van der Waals surface area contributed by atoms with E-state index in [-0.39, 0.29) is 17.9 Å². The standard InChI is InChI=1S/C18H14ClF3N4O2/c19-10-3-5-11(6-4-10)23-17(27)13-9-16-24-12(14-2-1-7-28-14)8-15(18(20,21)22)26(16)25-13/h1-7,9,12,15,24H,8H2,(H,23,27). The van der Waals surface area contributed by atoms with Crippen molar-refractivity contribution in [2.24, 2.45) is 0 Å². The summed E-state index contributed by atoms with van der Waals surface area (Å²) in [6, 6.07) is 8.28. The van der Waals surface area contributed by atoms with Gasteiger partial charge in [-0.15, -0.1) is 0 Å². The van der Waals surface area contributed by atoms with Crippen LogP contribution in [-0.2, 0) is 0 Å². The molecule has 4 rings (SSSR count). The number of nitrogens with one attached hydrogen (secondary N) is 2. The molecule has 28 heavy (non-hydrogen) atoms. The third-order valence-electron chi connectivity index (χ3n) is 4.41. The lowest BCUT2D eigenvalue weighted by molar-refractivity contribution is -0.174. The minimum atomic E-state index is -4.53. The molecule has 6 nitrogen and oxygen atoms in total. The molecule has 2 atom stereocenters. The molecule has 2 aromatic heterocycles. The van der Waals surface area contributed by atoms with E-state index >= 15 is 0 Å². The molecule has 2 N–H and O–H groups in total. The molecule has 3 heterocycles. The van der Waals surface area contributed by atoms with Gasteiger partial charge in [-0.1, -0.05) is 11.6 Å². The van der Waals surface area contributed by atoms with Gasteiger partial charge in [0.1, 0.15) is 11.6 Å². The fourth-order valence-electron chi connectivity index (χ4n) is 3.09. The zero-order valence-electron chi connectivity index (χ0n) is 14.2. The molecule has 10 heteroatoms. The number of aromatic nitrogens is 2. The van der Waals surface area contributed by atoms with Crippen molar-refractivity contribution in [1.82, 2.24) is 9.78 Å². The van der Waals surface area contributed by atoms with Crippen molar-refractivity contribution < 1.29 is 22.4 Å². The van der Waals surface area contributed by atoms with Gasteiger partial charge in [0.2, 0.25) is 0 Å². The molecule has 0 fully saturated rings. The second-order valence-corrected chi connectivity index (χ2v) is 6.76. The molecule has 0 aliphatic carbocycles. The Balaban J connectivity index is 1.63. The summed E-state index contributed by atoms with van der Waals surface area (Å²) in [6.07, 6.45) is -3.43. The quantitative estimate of drug-likeness (QED) is 0.634. The zero-order chi connectivity index (χ0) is 19.9. The molecule has 3 aromatic rings. The largest absolute Gasteiger partial charge is 0.467 e. The van der Waals surface area contributed by atoms with Crippen molar-refractivity contribution >= 4 is 29.0 Å². The molecule has 0 bridgehead atoms. The summed E-state index contributed by atoms with van der Waals surface area (Å²) in [5, 5.41) is 9.93. The van der Waals surface area contributed by atoms with E-state index in [2.05, 4.69) is 15.7 Å². The number of rotatable bonds is 3. The molecule has 1 aliphatic rings. The van der Waals surface area contributed by atoms with Gasteiger partial charge in [0.05, 0.1) is 12.3 Å². The van der Waals surface area contributed by atoms with Crippen molar-refractivity contribution in [3.63, 3.8) is 0 Å². The van der Waals surface area contributed by atoms with Crippen LogP contribution in [0.25, 0.3) is 0 Å². The summed E-state index contributed by atoms with van der Waals surface area (Å²) in [4.78, 5) is 12.4. The van der Waals surface area contributed by atoms with Crippen LogP contribution in [0.5, 0.6) is 0 Å². The van der Waals surface area contributed by atoms with Crippen LogP contribution < -0.4 is 10.6 Å². The van der Waals surface area contributed by atoms with Crippen LogP contribution in [0.4, 0.5) is 24.7 Å². The van der Waals surface area contributed by atoms with Crippen LogP contribution >= 0.6 is 11.6 Å². The van der Waals surface area contributed by atoms with E-state index < -0.39 is 24.2 Å². The SMILES string of the molecule is O=C(Nc1ccc(Cl)cc1)c1cc2n(n1)C(C(F)(F)F)CC(c1ccco1)N2. The second-order valence-electron chi connectivity index (χ2n) is 6.33. The number of carbonyl (C=O) groups excluding carboxylic acids is 1. The van der Waals surface area contributed by atoms with Crippen molar-refractivity contribution in [2.75, 3.05) is 10.6 Å². The molecule has 0 saturated carbocycles. The topological polar surface area (TPSA) is 72.1 Å². The molecule has 2 unspecified atom stereocenters. The first kappa shape index (κ1) is 18.4. The van der Waals surface area contributed by atoms with E-state index in [0.29, 0.717) is 16.5 Å². The molecule has 1 amide bonds. The number of nitrogens with zero attached hydrogens (tertiary/aromatic N) is 2. The van der Waals surface area contributed by atoms with E-state index in [4.69, 9.17) is 16.0 Å². The zero-order valence-corrected chi connectivity index (χ0v) is 15.0. The van der Waals surface area contributed by atoms with Gasteiger partial charge < -0.3 is 15.1 Å². The maximum absolute atomic E-state index is 13.6. The molecule has 0 saturated heterocycles. The Bertz CT molecular complexity index is 983. The first-order valence-electron chi connectivity index (χ1n) is 8.34. The van der Waals surface area contributed by atoms with Crippen LogP contribution in [0.2, 0.25) is 5.02 Å². The molecule has 1 aromatic carbocycles. The van der Waals surface area contributed by atoms with Gasteiger partial charge in [-0.2, -0.15) is 18.3 Å². The van der Waals surface area contributed by atoms with Crippen LogP contribution in [0.15, 0.2) is 53.1 Å². The van der Waals surface area contributed by atoms with Crippen LogP contribution in [0.1, 0.15) is 34.8 Å². The predicted molar refractivity (Wildman–Crippen MR) is 96.4 cm³/mol. The number of fused-ring (bicyclic) bond motifs is 1. The average Bonchev–Trinajstić information content (AvgIpc) is 3.31. The van der Waals surface area contributed by atoms with Crippen molar-refractivity contribution in [2.45, 2.75) is 24.7 Å². The maximum Gasteiger partial charge on any atom is 0.410 e. The fourth-order valence-corrected chi connectivity index (χ4v) is 3.21. The Morgan fingerprint density at radius 2 is 2.04 bits per heavy atom. The summed E-state index contributed by atoms with van der Waals surface area (Å²) in [5.74, 6) is -0.147. The molecule has 0 spiro atoms. The monoisotopic (exact) mass is 410 g/mol. The molecular weight excluding hydrogens is 397 g/mol. The lowest BCUT2D eigenvalue weighted by Crippen LogP contribution is -2.35. The number of amides is 1. The highest BCUT2D eigenvalue weighted by Crippen LogP contribution is 2.43. The Morgan fingerprint density at radius 1 is 1.29 bits per heavy atom. The highest BCUT2D eigenvalue weighted by Gasteiger charge is 2.47. The third kappa shape index (κ3) is 3.57. The summed E-state index contributed by atoms with van der Waals surface area (Å²) >= 11 is 5.80. The summed E-state index contributed by atoms with van der Waals surface area (Å²) in [6.45, 7) is 0. The summed E-state index contributed by atoms with van der Waals surface area (Å²) < 4.78 is 46.8. The smallest absolute Gasteiger partial charge is 0.410 e. The third-order valence-corrected chi connectivity index (χ3v) is 4.66. The Labute approximate surface area is 162 Å². The number of carbonyl (C=O) groups is 1. The van der Waals surface area contributed by atoms with E-state index in [1.165, 1.54) is 12.3 Å². The summed E-state index contributed by atoms with van der Waals surface area (Å²) in [5.41, 5.74) is 0.320. The van der Waals surface area contributed by atoms with Crippen LogP contribution in [0, 0.1) is 0 Å². The molecule has 146 valence electrons. The predicted octanol–water partition coefficient (Wildman–Crippen LogP) is 5.04. The van der Waals surface area contributed by atoms with E-state index in [0.717, 1.165) is 4.68 Å². The van der Waals surface area contributed by atoms with Gasteiger partial charge in [0, 0.05) is 23.2 Å². The lowest BCUT2D eigenvalue weighted by atomic mass is 10.0. The van der Waals surface area contributed by atoms with Crippen molar-refractivity contribution in [1.29, 1.82) is 0 Å². The number of halogens is 4. The minimum Gasteiger partial charge on any atom is -0.467 e. The van der Waals surface area contributed by atoms with E-state index in [1.54, 1.807) is 36.4 Å². The molecule has 1 aliphatic heterocycles. The number of hydrogen-bond donors (Lipinski definition) is 2. The molecule has 0 radical (unpaired) electrons. The van der Waals surface area contributed by atoms with Crippen molar-refractivity contribution in [3.8, 4) is 0 Å². The van der Waals surface area contributed by atoms with Crippen LogP contribution in [-0.4, -0.2) is 21.9 Å². The number of benzene rings is 1. The van der Waals surface area contributed by atoms with Crippen molar-refractivity contribution in [3.05, 3.63) is 65.2 Å². The van der Waals surface area contributed by atoms with Gasteiger partial charge in [0.15, 0.2) is 11.7 Å². The fraction of sp³-hybridized carbons (Fsp3) is 0.222. The highest BCUT2D eigenvalue weighted by molar-refractivity contribution is 6.30. The number of furan rings is 1. The number of alkyl halides is 3. The van der Waals surface area contributed by atoms with Gasteiger partial charge in [0.25, 0.3) is 5.91 Å². The first-order chi connectivity index (χ1) is 13.3. The minimum absolute atomic E-state index is 0.0937. The van der Waals surface area contributed by atoms with Gasteiger partial charge in [-0.25, -0.2) is 4.68 Å². The average molecular weight is 411 g/mol. The van der Waals surface area contributed by atoms with Gasteiger partial charge in [-0.05, 0) is 36.4 Å². The Morgan fingerprint density at radius 3 is 2.68 bits per heavy atom. The Kier molecular flexibility index (Phi) is 4.54.